The molecule has 124 valence electrons. The summed E-state index contributed by atoms with van der Waals surface area (Å²) in [5, 5.41) is 12.2. The number of hydrogen-bond donors (Lipinski definition) is 1. The highest BCUT2D eigenvalue weighted by molar-refractivity contribution is 7.92. The van der Waals surface area contributed by atoms with Gasteiger partial charge in [0.25, 0.3) is 0 Å². The molecule has 8 nitrogen and oxygen atoms in total. The monoisotopic (exact) mass is 343 g/mol. The Morgan fingerprint density at radius 1 is 1.35 bits per heavy atom. The molecule has 0 saturated heterocycles. The van der Waals surface area contributed by atoms with Gasteiger partial charge in [-0.2, -0.15) is 4.98 Å². The molecule has 0 aliphatic carbocycles. The second-order valence-corrected chi connectivity index (χ2v) is 6.65. The lowest BCUT2D eigenvalue weighted by molar-refractivity contribution is -0.137. The number of halogens is 1. The van der Waals surface area contributed by atoms with E-state index in [2.05, 4.69) is 10.1 Å². The van der Waals surface area contributed by atoms with Gasteiger partial charge in [-0.3, -0.25) is 9.10 Å². The van der Waals surface area contributed by atoms with Gasteiger partial charge in [-0.05, 0) is 24.3 Å². The van der Waals surface area contributed by atoms with Crippen LogP contribution in [0.3, 0.4) is 0 Å². The Kier molecular flexibility index (Phi) is 4.94. The van der Waals surface area contributed by atoms with Crippen LogP contribution in [0, 0.1) is 5.82 Å². The van der Waals surface area contributed by atoms with Crippen LogP contribution < -0.4 is 4.31 Å². The standard InChI is InChI=1S/C13H14FN3O5S/c1-23(20,21)17(10-4-2-9(14)3-5-10)8-11-15-12(22-16-11)6-7-13(18)19/h2-5H,6-8H2,1H3,(H,18,19). The van der Waals surface area contributed by atoms with Gasteiger partial charge in [0.1, 0.15) is 5.82 Å². The number of hydrogen-bond acceptors (Lipinski definition) is 6. The maximum absolute atomic E-state index is 13.0. The Bertz CT molecular complexity index is 788. The first-order chi connectivity index (χ1) is 10.8. The number of carbonyl (C=O) groups is 1. The van der Waals surface area contributed by atoms with Crippen molar-refractivity contribution in [2.24, 2.45) is 0 Å². The number of carboxylic acids is 1. The topological polar surface area (TPSA) is 114 Å². The summed E-state index contributed by atoms with van der Waals surface area (Å²) in [5.74, 6) is -1.30. The summed E-state index contributed by atoms with van der Waals surface area (Å²) in [6, 6.07) is 4.92. The zero-order valence-electron chi connectivity index (χ0n) is 12.1. The highest BCUT2D eigenvalue weighted by atomic mass is 32.2. The molecule has 0 aliphatic heterocycles. The van der Waals surface area contributed by atoms with Crippen LogP contribution in [0.5, 0.6) is 0 Å². The van der Waals surface area contributed by atoms with Crippen molar-refractivity contribution < 1.29 is 27.2 Å². The van der Waals surface area contributed by atoms with Crippen LogP contribution in [0.1, 0.15) is 18.1 Å². The molecule has 0 atom stereocenters. The Labute approximate surface area is 131 Å². The summed E-state index contributed by atoms with van der Waals surface area (Å²) in [6.45, 7) is -0.207. The predicted octanol–water partition coefficient (Wildman–Crippen LogP) is 1.19. The number of anilines is 1. The Morgan fingerprint density at radius 2 is 2.00 bits per heavy atom. The van der Waals surface area contributed by atoms with Gasteiger partial charge >= 0.3 is 5.97 Å². The summed E-state index contributed by atoms with van der Waals surface area (Å²) in [4.78, 5) is 14.5. The lowest BCUT2D eigenvalue weighted by Crippen LogP contribution is -2.29. The van der Waals surface area contributed by atoms with Crippen LogP contribution in [-0.2, 0) is 27.8 Å². The van der Waals surface area contributed by atoms with E-state index in [1.165, 1.54) is 12.1 Å². The highest BCUT2D eigenvalue weighted by Gasteiger charge is 2.21. The van der Waals surface area contributed by atoms with Gasteiger partial charge in [-0.25, -0.2) is 12.8 Å². The van der Waals surface area contributed by atoms with E-state index in [1.54, 1.807) is 0 Å². The Morgan fingerprint density at radius 3 is 2.57 bits per heavy atom. The molecule has 1 heterocycles. The molecule has 1 N–H and O–H groups in total. The number of sulfonamides is 1. The predicted molar refractivity (Wildman–Crippen MR) is 77.7 cm³/mol. The van der Waals surface area contributed by atoms with Gasteiger partial charge in [0, 0.05) is 6.42 Å². The summed E-state index contributed by atoms with van der Waals surface area (Å²) >= 11 is 0. The summed E-state index contributed by atoms with van der Waals surface area (Å²) in [5.41, 5.74) is 0.255. The van der Waals surface area contributed by atoms with Crippen LogP contribution in [-0.4, -0.2) is 35.9 Å². The van der Waals surface area contributed by atoms with Crippen molar-refractivity contribution >= 4 is 21.7 Å². The molecule has 0 amide bonds. The van der Waals surface area contributed by atoms with E-state index in [4.69, 9.17) is 9.63 Å². The number of aryl methyl sites for hydroxylation is 1. The van der Waals surface area contributed by atoms with Gasteiger partial charge in [-0.1, -0.05) is 5.16 Å². The molecule has 23 heavy (non-hydrogen) atoms. The maximum Gasteiger partial charge on any atom is 0.303 e. The van der Waals surface area contributed by atoms with E-state index >= 15 is 0 Å². The molecule has 2 aromatic rings. The first-order valence-electron chi connectivity index (χ1n) is 6.52. The first-order valence-corrected chi connectivity index (χ1v) is 8.37. The molecule has 10 heteroatoms. The fourth-order valence-corrected chi connectivity index (χ4v) is 2.66. The summed E-state index contributed by atoms with van der Waals surface area (Å²) in [7, 11) is -3.65. The van der Waals surface area contributed by atoms with Crippen LogP contribution in [0.25, 0.3) is 0 Å². The van der Waals surface area contributed by atoms with Gasteiger partial charge in [0.15, 0.2) is 5.82 Å². The first kappa shape index (κ1) is 16.9. The third-order valence-corrected chi connectivity index (χ3v) is 4.00. The molecule has 0 bridgehead atoms. The second kappa shape index (κ2) is 6.73. The Hall–Kier alpha value is -2.49. The van der Waals surface area contributed by atoms with Crippen molar-refractivity contribution in [2.45, 2.75) is 19.4 Å². The average Bonchev–Trinajstić information content (AvgIpc) is 2.90. The van der Waals surface area contributed by atoms with Crippen LogP contribution in [0.4, 0.5) is 10.1 Å². The van der Waals surface area contributed by atoms with Crippen molar-refractivity contribution in [1.82, 2.24) is 10.1 Å². The van der Waals surface area contributed by atoms with Crippen molar-refractivity contribution in [3.8, 4) is 0 Å². The minimum absolute atomic E-state index is 0.0533. The van der Waals surface area contributed by atoms with E-state index < -0.39 is 21.8 Å². The highest BCUT2D eigenvalue weighted by Crippen LogP contribution is 2.20. The third kappa shape index (κ3) is 4.74. The van der Waals surface area contributed by atoms with Crippen molar-refractivity contribution in [3.63, 3.8) is 0 Å². The van der Waals surface area contributed by atoms with Crippen molar-refractivity contribution in [2.75, 3.05) is 10.6 Å². The van der Waals surface area contributed by atoms with Gasteiger partial charge in [0.2, 0.25) is 15.9 Å². The minimum atomic E-state index is -3.65. The van der Waals surface area contributed by atoms with E-state index in [0.29, 0.717) is 0 Å². The number of aromatic nitrogens is 2. The quantitative estimate of drug-likeness (QED) is 0.803. The minimum Gasteiger partial charge on any atom is -0.481 e. The molecule has 0 spiro atoms. The molecule has 0 saturated carbocycles. The molecule has 0 radical (unpaired) electrons. The Balaban J connectivity index is 2.19. The molecular formula is C13H14FN3O5S. The van der Waals surface area contributed by atoms with Crippen molar-refractivity contribution in [1.29, 1.82) is 0 Å². The van der Waals surface area contributed by atoms with Crippen LogP contribution in [0.15, 0.2) is 28.8 Å². The molecule has 0 unspecified atom stereocenters. The smallest absolute Gasteiger partial charge is 0.303 e. The van der Waals surface area contributed by atoms with E-state index in [1.807, 2.05) is 0 Å². The second-order valence-electron chi connectivity index (χ2n) is 4.74. The fraction of sp³-hybridized carbons (Fsp3) is 0.308. The zero-order valence-corrected chi connectivity index (χ0v) is 13.0. The normalized spacial score (nSPS) is 11.4. The number of nitrogens with zero attached hydrogens (tertiary/aromatic N) is 3. The molecule has 2 rings (SSSR count). The van der Waals surface area contributed by atoms with Gasteiger partial charge in [-0.15, -0.1) is 0 Å². The molecule has 0 aliphatic rings. The largest absolute Gasteiger partial charge is 0.481 e. The van der Waals surface area contributed by atoms with Crippen LogP contribution >= 0.6 is 0 Å². The van der Waals surface area contributed by atoms with E-state index in [0.717, 1.165) is 22.7 Å². The molecule has 0 fully saturated rings. The van der Waals surface area contributed by atoms with E-state index in [-0.39, 0.29) is 36.8 Å². The number of carboxylic acid groups (broad SMARTS) is 1. The fourth-order valence-electron chi connectivity index (χ4n) is 1.81. The molecular weight excluding hydrogens is 329 g/mol. The zero-order chi connectivity index (χ0) is 17.0. The molecule has 1 aromatic heterocycles. The third-order valence-electron chi connectivity index (χ3n) is 2.86. The number of benzene rings is 1. The van der Waals surface area contributed by atoms with Crippen molar-refractivity contribution in [3.05, 3.63) is 41.8 Å². The summed E-state index contributed by atoms with van der Waals surface area (Å²) in [6.07, 6.45) is 0.884. The summed E-state index contributed by atoms with van der Waals surface area (Å²) < 4.78 is 42.7. The lowest BCUT2D eigenvalue weighted by atomic mass is 10.3. The number of aliphatic carboxylic acids is 1. The average molecular weight is 343 g/mol. The van der Waals surface area contributed by atoms with Crippen LogP contribution in [0.2, 0.25) is 0 Å². The van der Waals surface area contributed by atoms with Gasteiger partial charge < -0.3 is 9.63 Å². The van der Waals surface area contributed by atoms with Gasteiger partial charge in [0.05, 0.1) is 24.9 Å². The lowest BCUT2D eigenvalue weighted by Gasteiger charge is -2.20. The maximum atomic E-state index is 13.0. The SMILES string of the molecule is CS(=O)(=O)N(Cc1noc(CCC(=O)O)n1)c1ccc(F)cc1. The number of rotatable bonds is 7. The molecule has 1 aromatic carbocycles. The van der Waals surface area contributed by atoms with E-state index in [9.17, 15) is 17.6 Å².